The fraction of sp³-hybridized carbons (Fsp3) is 0.375. The van der Waals surface area contributed by atoms with Crippen molar-refractivity contribution in [3.05, 3.63) is 60.2 Å². The molecule has 1 heterocycles. The molecule has 2 heteroatoms. The second-order valence-electron chi connectivity index (χ2n) is 4.59. The first-order valence-corrected chi connectivity index (χ1v) is 6.55. The predicted octanol–water partition coefficient (Wildman–Crippen LogP) is 3.79. The van der Waals surface area contributed by atoms with Crippen LogP contribution in [0.5, 0.6) is 0 Å². The molecule has 0 radical (unpaired) electrons. The minimum absolute atomic E-state index is 0. The molecule has 0 atom stereocenters. The van der Waals surface area contributed by atoms with E-state index < -0.39 is 0 Å². The van der Waals surface area contributed by atoms with Crippen LogP contribution in [0.15, 0.2) is 54.6 Å². The smallest absolute Gasteiger partial charge is 0.310 e. The summed E-state index contributed by atoms with van der Waals surface area (Å²) in [7, 11) is 0. The number of hydrogen-bond donors (Lipinski definition) is 0. The van der Waals surface area contributed by atoms with Crippen molar-refractivity contribution < 1.29 is 17.1 Å². The normalized spacial score (nSPS) is 15.3. The van der Waals surface area contributed by atoms with Gasteiger partial charge in [0.2, 0.25) is 0 Å². The van der Waals surface area contributed by atoms with Gasteiger partial charge in [-0.3, -0.25) is 0 Å². The standard InChI is InChI=1S/C11H16N.C5H5.Fe/c1-4-8-12(9-5-1)10-11-6-2-3-7-11;1-2-4-5-3-1;/h2-3,6-7H,1,4-5,8-10H2;1-5H;/q2*-1;+2. The largest absolute Gasteiger partial charge is 2.00 e. The zero-order valence-corrected chi connectivity index (χ0v) is 11.8. The molecule has 98 valence electrons. The Balaban J connectivity index is 0.000000230. The number of likely N-dealkylation sites (tertiary alicyclic amines) is 1. The van der Waals surface area contributed by atoms with E-state index in [4.69, 9.17) is 0 Å². The van der Waals surface area contributed by atoms with Crippen molar-refractivity contribution in [1.29, 1.82) is 0 Å². The molecule has 0 amide bonds. The van der Waals surface area contributed by atoms with E-state index in [1.54, 1.807) is 0 Å². The van der Waals surface area contributed by atoms with E-state index in [9.17, 15) is 0 Å². The zero-order valence-electron chi connectivity index (χ0n) is 10.7. The fourth-order valence-corrected chi connectivity index (χ4v) is 2.22. The third-order valence-electron chi connectivity index (χ3n) is 3.14. The molecular formula is C16H21FeN. The maximum atomic E-state index is 2.55. The van der Waals surface area contributed by atoms with Gasteiger partial charge in [-0.05, 0) is 32.5 Å². The Kier molecular flexibility index (Phi) is 7.75. The Labute approximate surface area is 121 Å². The summed E-state index contributed by atoms with van der Waals surface area (Å²) in [4.78, 5) is 2.55. The Morgan fingerprint density at radius 3 is 2.00 bits per heavy atom. The van der Waals surface area contributed by atoms with Crippen LogP contribution in [0.1, 0.15) is 24.8 Å². The van der Waals surface area contributed by atoms with Crippen LogP contribution in [0.3, 0.4) is 0 Å². The molecular weight excluding hydrogens is 262 g/mol. The summed E-state index contributed by atoms with van der Waals surface area (Å²) in [5, 5.41) is 0. The van der Waals surface area contributed by atoms with Crippen molar-refractivity contribution in [3.63, 3.8) is 0 Å². The number of rotatable bonds is 2. The van der Waals surface area contributed by atoms with Gasteiger partial charge in [0.25, 0.3) is 0 Å². The van der Waals surface area contributed by atoms with Crippen molar-refractivity contribution in [1.82, 2.24) is 4.90 Å². The Morgan fingerprint density at radius 1 is 0.889 bits per heavy atom. The molecule has 18 heavy (non-hydrogen) atoms. The molecule has 1 saturated heterocycles. The Hall–Kier alpha value is -0.821. The second kappa shape index (κ2) is 9.16. The SMILES string of the molecule is [Fe+2].c1cc[c-](CN2CCCCC2)c1.c1cc[cH-]c1. The van der Waals surface area contributed by atoms with E-state index in [0.29, 0.717) is 0 Å². The average Bonchev–Trinajstić information content (AvgIpc) is 3.06. The van der Waals surface area contributed by atoms with E-state index >= 15 is 0 Å². The summed E-state index contributed by atoms with van der Waals surface area (Å²) in [6.45, 7) is 3.75. The molecule has 0 spiro atoms. The molecule has 1 nitrogen and oxygen atoms in total. The van der Waals surface area contributed by atoms with Gasteiger partial charge in [-0.1, -0.05) is 6.42 Å². The van der Waals surface area contributed by atoms with Crippen molar-refractivity contribution >= 4 is 0 Å². The molecule has 1 aliphatic rings. The minimum atomic E-state index is 0. The van der Waals surface area contributed by atoms with Crippen LogP contribution in [-0.4, -0.2) is 18.0 Å². The van der Waals surface area contributed by atoms with Crippen LogP contribution in [0.2, 0.25) is 0 Å². The molecule has 1 fully saturated rings. The zero-order chi connectivity index (χ0) is 11.8. The van der Waals surface area contributed by atoms with Crippen LogP contribution in [0.4, 0.5) is 0 Å². The van der Waals surface area contributed by atoms with E-state index in [-0.39, 0.29) is 17.1 Å². The van der Waals surface area contributed by atoms with Gasteiger partial charge < -0.3 is 4.90 Å². The number of nitrogens with zero attached hydrogens (tertiary/aromatic N) is 1. The quantitative estimate of drug-likeness (QED) is 0.598. The van der Waals surface area contributed by atoms with E-state index in [1.807, 2.05) is 30.3 Å². The monoisotopic (exact) mass is 283 g/mol. The molecule has 0 bridgehead atoms. The molecule has 1 aliphatic heterocycles. The van der Waals surface area contributed by atoms with Gasteiger partial charge in [-0.25, -0.2) is 24.3 Å². The Bertz CT molecular complexity index is 341. The summed E-state index contributed by atoms with van der Waals surface area (Å²) in [5.41, 5.74) is 1.47. The van der Waals surface area contributed by atoms with Crippen LogP contribution in [-0.2, 0) is 23.6 Å². The molecule has 0 aliphatic carbocycles. The van der Waals surface area contributed by atoms with Gasteiger partial charge in [-0.2, -0.15) is 30.3 Å². The molecule has 0 saturated carbocycles. The molecule has 3 rings (SSSR count). The summed E-state index contributed by atoms with van der Waals surface area (Å²) in [6.07, 6.45) is 4.21. The van der Waals surface area contributed by atoms with Crippen molar-refractivity contribution in [2.75, 3.05) is 13.1 Å². The first-order valence-electron chi connectivity index (χ1n) is 6.55. The Morgan fingerprint density at radius 2 is 1.50 bits per heavy atom. The van der Waals surface area contributed by atoms with Crippen LogP contribution < -0.4 is 0 Å². The number of piperidine rings is 1. The van der Waals surface area contributed by atoms with E-state index in [2.05, 4.69) is 29.2 Å². The summed E-state index contributed by atoms with van der Waals surface area (Å²) in [6, 6.07) is 18.7. The summed E-state index contributed by atoms with van der Waals surface area (Å²) >= 11 is 0. The summed E-state index contributed by atoms with van der Waals surface area (Å²) in [5.74, 6) is 0. The van der Waals surface area contributed by atoms with Crippen LogP contribution >= 0.6 is 0 Å². The van der Waals surface area contributed by atoms with Crippen LogP contribution in [0.25, 0.3) is 0 Å². The fourth-order valence-electron chi connectivity index (χ4n) is 2.22. The second-order valence-corrected chi connectivity index (χ2v) is 4.59. The predicted molar refractivity (Wildman–Crippen MR) is 73.2 cm³/mol. The minimum Gasteiger partial charge on any atom is -0.310 e. The van der Waals surface area contributed by atoms with E-state index in [0.717, 1.165) is 6.54 Å². The van der Waals surface area contributed by atoms with E-state index in [1.165, 1.54) is 37.9 Å². The molecule has 0 unspecified atom stereocenters. The van der Waals surface area contributed by atoms with Crippen LogP contribution in [0, 0.1) is 0 Å². The van der Waals surface area contributed by atoms with Gasteiger partial charge in [0.1, 0.15) is 0 Å². The van der Waals surface area contributed by atoms with Crippen molar-refractivity contribution in [2.45, 2.75) is 25.8 Å². The van der Waals surface area contributed by atoms with Crippen molar-refractivity contribution in [3.8, 4) is 0 Å². The maximum absolute atomic E-state index is 2.55. The van der Waals surface area contributed by atoms with Gasteiger partial charge >= 0.3 is 17.1 Å². The average molecular weight is 283 g/mol. The van der Waals surface area contributed by atoms with Gasteiger partial charge in [-0.15, -0.1) is 5.56 Å². The summed E-state index contributed by atoms with van der Waals surface area (Å²) < 4.78 is 0. The van der Waals surface area contributed by atoms with Gasteiger partial charge in [0, 0.05) is 0 Å². The first-order chi connectivity index (χ1) is 8.45. The third kappa shape index (κ3) is 5.68. The molecule has 0 aromatic heterocycles. The van der Waals surface area contributed by atoms with Gasteiger partial charge in [0.15, 0.2) is 0 Å². The molecule has 2 aromatic carbocycles. The first kappa shape index (κ1) is 15.2. The topological polar surface area (TPSA) is 3.24 Å². The maximum Gasteiger partial charge on any atom is 2.00 e. The third-order valence-corrected chi connectivity index (χ3v) is 3.14. The number of hydrogen-bond acceptors (Lipinski definition) is 1. The van der Waals surface area contributed by atoms with Crippen molar-refractivity contribution in [2.24, 2.45) is 0 Å². The van der Waals surface area contributed by atoms with Gasteiger partial charge in [0.05, 0.1) is 0 Å². The molecule has 2 aromatic rings. The molecule has 0 N–H and O–H groups in total.